The van der Waals surface area contributed by atoms with Gasteiger partial charge in [0.1, 0.15) is 11.6 Å². The Hall–Kier alpha value is -2.55. The number of benzene rings is 2. The van der Waals surface area contributed by atoms with Gasteiger partial charge in [-0.1, -0.05) is 31.2 Å². The second-order valence-corrected chi connectivity index (χ2v) is 11.5. The molecule has 0 aliphatic carbocycles. The van der Waals surface area contributed by atoms with Crippen LogP contribution in [-0.2, 0) is 16.4 Å². The van der Waals surface area contributed by atoms with Crippen LogP contribution in [0.25, 0.3) is 10.9 Å². The number of fused-ring (bicyclic) bond motifs is 1. The summed E-state index contributed by atoms with van der Waals surface area (Å²) in [6, 6.07) is 15.5. The highest BCUT2D eigenvalue weighted by atomic mass is 32.2. The van der Waals surface area contributed by atoms with Crippen molar-refractivity contribution in [2.45, 2.75) is 50.5 Å². The molecule has 0 spiro atoms. The van der Waals surface area contributed by atoms with Crippen molar-refractivity contribution in [3.63, 3.8) is 0 Å². The van der Waals surface area contributed by atoms with E-state index in [9.17, 15) is 8.42 Å². The van der Waals surface area contributed by atoms with Crippen LogP contribution in [0.3, 0.4) is 0 Å². The van der Waals surface area contributed by atoms with Gasteiger partial charge in [-0.25, -0.2) is 18.4 Å². The maximum Gasteiger partial charge on any atom is 0.243 e. The standard InChI is InChI=1S/C27H35N5O2S/c1-3-22-11-13-23(14-12-22)35(33,34)32-19-17-30(18-20-32)21(2)26-28-25-10-6-5-9-24(25)27(29-26)31-15-7-4-8-16-31/h5-6,9-14,21H,3-4,7-8,15-20H2,1-2H3. The lowest BCUT2D eigenvalue weighted by molar-refractivity contribution is 0.141. The number of nitrogens with zero attached hydrogens (tertiary/aromatic N) is 5. The second-order valence-electron chi connectivity index (χ2n) is 9.58. The smallest absolute Gasteiger partial charge is 0.243 e. The summed E-state index contributed by atoms with van der Waals surface area (Å²) in [5.41, 5.74) is 2.11. The number of piperidine rings is 1. The number of piperazine rings is 1. The van der Waals surface area contributed by atoms with Gasteiger partial charge in [-0.15, -0.1) is 0 Å². The summed E-state index contributed by atoms with van der Waals surface area (Å²) in [5.74, 6) is 1.85. The molecule has 0 amide bonds. The number of aromatic nitrogens is 2. The second kappa shape index (κ2) is 10.2. The lowest BCUT2D eigenvalue weighted by Gasteiger charge is -2.37. The maximum absolute atomic E-state index is 13.2. The number of hydrogen-bond acceptors (Lipinski definition) is 6. The molecule has 2 fully saturated rings. The van der Waals surface area contributed by atoms with Crippen molar-refractivity contribution in [2.75, 3.05) is 44.2 Å². The van der Waals surface area contributed by atoms with Crippen molar-refractivity contribution >= 4 is 26.7 Å². The van der Waals surface area contributed by atoms with Crippen LogP contribution in [0.1, 0.15) is 50.5 Å². The van der Waals surface area contributed by atoms with Crippen molar-refractivity contribution in [3.05, 3.63) is 59.9 Å². The fourth-order valence-electron chi connectivity index (χ4n) is 5.15. The van der Waals surface area contributed by atoms with Crippen LogP contribution in [0.2, 0.25) is 0 Å². The first kappa shape index (κ1) is 24.2. The molecule has 2 aromatic carbocycles. The first-order chi connectivity index (χ1) is 17.0. The third-order valence-electron chi connectivity index (χ3n) is 7.42. The van der Waals surface area contributed by atoms with E-state index in [1.165, 1.54) is 19.3 Å². The Morgan fingerprint density at radius 1 is 0.857 bits per heavy atom. The number of para-hydroxylation sites is 1. The zero-order valence-electron chi connectivity index (χ0n) is 20.7. The Balaban J connectivity index is 1.33. The molecule has 5 rings (SSSR count). The molecule has 3 aromatic rings. The third kappa shape index (κ3) is 4.92. The minimum absolute atomic E-state index is 0.0110. The Morgan fingerprint density at radius 3 is 2.23 bits per heavy atom. The van der Waals surface area contributed by atoms with E-state index in [0.29, 0.717) is 31.1 Å². The minimum Gasteiger partial charge on any atom is -0.356 e. The summed E-state index contributed by atoms with van der Waals surface area (Å²) in [5, 5.41) is 1.11. The van der Waals surface area contributed by atoms with Crippen LogP contribution in [0.15, 0.2) is 53.4 Å². The highest BCUT2D eigenvalue weighted by Gasteiger charge is 2.31. The molecule has 2 aliphatic heterocycles. The van der Waals surface area contributed by atoms with E-state index in [2.05, 4.69) is 41.8 Å². The number of anilines is 1. The Morgan fingerprint density at radius 2 is 1.54 bits per heavy atom. The van der Waals surface area contributed by atoms with E-state index in [0.717, 1.165) is 47.6 Å². The molecule has 1 atom stereocenters. The molecule has 0 radical (unpaired) electrons. The average molecular weight is 494 g/mol. The van der Waals surface area contributed by atoms with Gasteiger partial charge < -0.3 is 4.90 Å². The van der Waals surface area contributed by atoms with Crippen molar-refractivity contribution in [2.24, 2.45) is 0 Å². The summed E-state index contributed by atoms with van der Waals surface area (Å²) >= 11 is 0. The quantitative estimate of drug-likeness (QED) is 0.511. The Bertz CT molecular complexity index is 1260. The lowest BCUT2D eigenvalue weighted by atomic mass is 10.1. The van der Waals surface area contributed by atoms with Crippen LogP contribution in [-0.4, -0.2) is 66.9 Å². The Labute approximate surface area is 208 Å². The van der Waals surface area contributed by atoms with Gasteiger partial charge >= 0.3 is 0 Å². The fourth-order valence-corrected chi connectivity index (χ4v) is 6.57. The predicted octanol–water partition coefficient (Wildman–Crippen LogP) is 4.25. The van der Waals surface area contributed by atoms with Crippen molar-refractivity contribution in [1.29, 1.82) is 0 Å². The minimum atomic E-state index is -3.48. The zero-order chi connectivity index (χ0) is 24.4. The molecular formula is C27H35N5O2S. The molecule has 2 saturated heterocycles. The molecule has 2 aliphatic rings. The normalized spacial score (nSPS) is 19.2. The highest BCUT2D eigenvalue weighted by molar-refractivity contribution is 7.89. The van der Waals surface area contributed by atoms with Gasteiger partial charge in [0.05, 0.1) is 16.5 Å². The maximum atomic E-state index is 13.2. The number of sulfonamides is 1. The molecule has 0 saturated carbocycles. The van der Waals surface area contributed by atoms with Gasteiger partial charge in [-0.3, -0.25) is 4.90 Å². The molecule has 35 heavy (non-hydrogen) atoms. The van der Waals surface area contributed by atoms with Crippen molar-refractivity contribution in [3.8, 4) is 0 Å². The molecule has 0 N–H and O–H groups in total. The molecule has 3 heterocycles. The zero-order valence-corrected chi connectivity index (χ0v) is 21.5. The van der Waals surface area contributed by atoms with Crippen LogP contribution in [0.5, 0.6) is 0 Å². The van der Waals surface area contributed by atoms with Gasteiger partial charge in [0.15, 0.2) is 0 Å². The predicted molar refractivity (Wildman–Crippen MR) is 140 cm³/mol. The van der Waals surface area contributed by atoms with E-state index in [4.69, 9.17) is 9.97 Å². The van der Waals surface area contributed by atoms with Gasteiger partial charge in [-0.2, -0.15) is 4.31 Å². The SMILES string of the molecule is CCc1ccc(S(=O)(=O)N2CCN(C(C)c3nc(N4CCCCC4)c4ccccc4n3)CC2)cc1. The van der Waals surface area contributed by atoms with Crippen LogP contribution >= 0.6 is 0 Å². The van der Waals surface area contributed by atoms with E-state index in [1.807, 2.05) is 18.2 Å². The Kier molecular flexibility index (Phi) is 7.05. The van der Waals surface area contributed by atoms with Gasteiger partial charge in [0.25, 0.3) is 0 Å². The summed E-state index contributed by atoms with van der Waals surface area (Å²) < 4.78 is 28.0. The van der Waals surface area contributed by atoms with Gasteiger partial charge in [-0.05, 0) is 62.4 Å². The molecule has 7 nitrogen and oxygen atoms in total. The summed E-state index contributed by atoms with van der Waals surface area (Å²) in [6.07, 6.45) is 4.56. The first-order valence-electron chi connectivity index (χ1n) is 12.8. The number of hydrogen-bond donors (Lipinski definition) is 0. The lowest BCUT2D eigenvalue weighted by Crippen LogP contribution is -2.49. The molecule has 1 aromatic heterocycles. The summed E-state index contributed by atoms with van der Waals surface area (Å²) in [7, 11) is -3.48. The van der Waals surface area contributed by atoms with Crippen molar-refractivity contribution in [1.82, 2.24) is 19.2 Å². The van der Waals surface area contributed by atoms with Gasteiger partial charge in [0, 0.05) is 44.7 Å². The van der Waals surface area contributed by atoms with E-state index in [-0.39, 0.29) is 6.04 Å². The number of rotatable bonds is 6. The molecule has 186 valence electrons. The van der Waals surface area contributed by atoms with Crippen LogP contribution < -0.4 is 4.90 Å². The molecular weight excluding hydrogens is 458 g/mol. The molecule has 0 bridgehead atoms. The highest BCUT2D eigenvalue weighted by Crippen LogP contribution is 2.30. The summed E-state index contributed by atoms with van der Waals surface area (Å²) in [4.78, 5) is 15.1. The van der Waals surface area contributed by atoms with E-state index in [1.54, 1.807) is 16.4 Å². The van der Waals surface area contributed by atoms with E-state index >= 15 is 0 Å². The monoisotopic (exact) mass is 493 g/mol. The van der Waals surface area contributed by atoms with Crippen LogP contribution in [0.4, 0.5) is 5.82 Å². The first-order valence-corrected chi connectivity index (χ1v) is 14.3. The largest absolute Gasteiger partial charge is 0.356 e. The molecule has 1 unspecified atom stereocenters. The topological polar surface area (TPSA) is 69.6 Å². The fraction of sp³-hybridized carbons (Fsp3) is 0.481. The third-order valence-corrected chi connectivity index (χ3v) is 9.33. The summed E-state index contributed by atoms with van der Waals surface area (Å²) in [6.45, 7) is 8.51. The van der Waals surface area contributed by atoms with Crippen molar-refractivity contribution < 1.29 is 8.42 Å². The number of aryl methyl sites for hydroxylation is 1. The van der Waals surface area contributed by atoms with E-state index < -0.39 is 10.0 Å². The van der Waals surface area contributed by atoms with Gasteiger partial charge in [0.2, 0.25) is 10.0 Å². The molecule has 8 heteroatoms. The van der Waals surface area contributed by atoms with Crippen LogP contribution in [0, 0.1) is 0 Å². The average Bonchev–Trinajstić information content (AvgIpc) is 2.92.